The Morgan fingerprint density at radius 1 is 1.12 bits per heavy atom. The van der Waals surface area contributed by atoms with Crippen molar-refractivity contribution in [3.05, 3.63) is 59.4 Å². The summed E-state index contributed by atoms with van der Waals surface area (Å²) in [6.45, 7) is 4.18. The van der Waals surface area contributed by atoms with Gasteiger partial charge in [-0.25, -0.2) is 0 Å². The van der Waals surface area contributed by atoms with Crippen LogP contribution in [0.25, 0.3) is 0 Å². The summed E-state index contributed by atoms with van der Waals surface area (Å²) in [6.07, 6.45) is 1.82. The highest BCUT2D eigenvalue weighted by Gasteiger charge is 2.16. The number of nitrogens with one attached hydrogen (secondary N) is 1. The molecule has 82 valence electrons. The van der Waals surface area contributed by atoms with Crippen molar-refractivity contribution >= 4 is 5.78 Å². The average molecular weight is 213 g/mol. The Hall–Kier alpha value is -1.83. The second-order valence-corrected chi connectivity index (χ2v) is 4.16. The molecule has 2 rings (SSSR count). The van der Waals surface area contributed by atoms with E-state index < -0.39 is 0 Å². The van der Waals surface area contributed by atoms with Crippen LogP contribution in [0.4, 0.5) is 0 Å². The Morgan fingerprint density at radius 2 is 1.81 bits per heavy atom. The lowest BCUT2D eigenvalue weighted by molar-refractivity contribution is 0.103. The maximum atomic E-state index is 12.2. The van der Waals surface area contributed by atoms with Crippen molar-refractivity contribution in [1.82, 2.24) is 4.98 Å². The Labute approximate surface area is 95.3 Å². The summed E-state index contributed by atoms with van der Waals surface area (Å²) in [5.74, 6) is 0.420. The molecular weight excluding hydrogens is 198 g/mol. The Balaban J connectivity index is 2.39. The molecule has 0 fully saturated rings. The van der Waals surface area contributed by atoms with Crippen LogP contribution in [0.3, 0.4) is 0 Å². The molecule has 1 aromatic heterocycles. The number of carbonyl (C=O) groups is 1. The lowest BCUT2D eigenvalue weighted by Crippen LogP contribution is -2.05. The standard InChI is InChI=1S/C14H15NO/c1-10(2)12-8-9-15-13(12)14(16)11-6-4-3-5-7-11/h3-10,15H,1-2H3. The smallest absolute Gasteiger partial charge is 0.209 e. The van der Waals surface area contributed by atoms with Crippen molar-refractivity contribution in [1.29, 1.82) is 0 Å². The summed E-state index contributed by atoms with van der Waals surface area (Å²) in [7, 11) is 0. The minimum absolute atomic E-state index is 0.0642. The first kappa shape index (κ1) is 10.7. The van der Waals surface area contributed by atoms with Crippen LogP contribution < -0.4 is 0 Å². The van der Waals surface area contributed by atoms with Gasteiger partial charge < -0.3 is 4.98 Å². The molecule has 0 aliphatic carbocycles. The number of H-pyrrole nitrogens is 1. The SMILES string of the molecule is CC(C)c1cc[nH]c1C(=O)c1ccccc1. The number of rotatable bonds is 3. The minimum Gasteiger partial charge on any atom is -0.358 e. The fraction of sp³-hybridized carbons (Fsp3) is 0.214. The summed E-state index contributed by atoms with van der Waals surface area (Å²) in [5.41, 5.74) is 2.52. The van der Waals surface area contributed by atoms with Gasteiger partial charge in [-0.1, -0.05) is 44.2 Å². The fourth-order valence-corrected chi connectivity index (χ4v) is 1.79. The largest absolute Gasteiger partial charge is 0.358 e. The summed E-state index contributed by atoms with van der Waals surface area (Å²) >= 11 is 0. The lowest BCUT2D eigenvalue weighted by atomic mass is 9.99. The normalized spacial score (nSPS) is 10.7. The second-order valence-electron chi connectivity index (χ2n) is 4.16. The van der Waals surface area contributed by atoms with Gasteiger partial charge >= 0.3 is 0 Å². The average Bonchev–Trinajstić information content (AvgIpc) is 2.78. The van der Waals surface area contributed by atoms with Gasteiger partial charge in [0.1, 0.15) is 0 Å². The van der Waals surface area contributed by atoms with Crippen molar-refractivity contribution in [2.45, 2.75) is 19.8 Å². The monoisotopic (exact) mass is 213 g/mol. The lowest BCUT2D eigenvalue weighted by Gasteiger charge is -2.06. The van der Waals surface area contributed by atoms with Crippen LogP contribution >= 0.6 is 0 Å². The van der Waals surface area contributed by atoms with Gasteiger partial charge in [-0.2, -0.15) is 0 Å². The van der Waals surface area contributed by atoms with Gasteiger partial charge in [0, 0.05) is 11.8 Å². The van der Waals surface area contributed by atoms with Crippen molar-refractivity contribution in [2.75, 3.05) is 0 Å². The number of aromatic nitrogens is 1. The topological polar surface area (TPSA) is 32.9 Å². The van der Waals surface area contributed by atoms with E-state index >= 15 is 0 Å². The molecule has 1 N–H and O–H groups in total. The first-order valence-electron chi connectivity index (χ1n) is 5.47. The minimum atomic E-state index is 0.0642. The molecule has 1 heterocycles. The van der Waals surface area contributed by atoms with Crippen LogP contribution in [0.5, 0.6) is 0 Å². The molecule has 0 spiro atoms. The van der Waals surface area contributed by atoms with Crippen LogP contribution in [0.2, 0.25) is 0 Å². The first-order valence-corrected chi connectivity index (χ1v) is 5.47. The van der Waals surface area contributed by atoms with Gasteiger partial charge in [-0.3, -0.25) is 4.79 Å². The van der Waals surface area contributed by atoms with E-state index in [4.69, 9.17) is 0 Å². The van der Waals surface area contributed by atoms with Gasteiger partial charge in [-0.15, -0.1) is 0 Å². The maximum absolute atomic E-state index is 12.2. The van der Waals surface area contributed by atoms with Gasteiger partial charge in [0.05, 0.1) is 5.69 Å². The Kier molecular flexibility index (Phi) is 2.91. The number of aromatic amines is 1. The molecule has 0 saturated carbocycles. The van der Waals surface area contributed by atoms with Crippen LogP contribution in [0.1, 0.15) is 41.4 Å². The second kappa shape index (κ2) is 4.35. The predicted octanol–water partition coefficient (Wildman–Crippen LogP) is 3.37. The van der Waals surface area contributed by atoms with Gasteiger partial charge in [0.15, 0.2) is 0 Å². The fourth-order valence-electron chi connectivity index (χ4n) is 1.79. The molecule has 0 unspecified atom stereocenters. The van der Waals surface area contributed by atoms with Gasteiger partial charge in [-0.05, 0) is 17.5 Å². The van der Waals surface area contributed by atoms with E-state index in [9.17, 15) is 4.79 Å². The zero-order chi connectivity index (χ0) is 11.5. The van der Waals surface area contributed by atoms with Crippen LogP contribution in [0, 0.1) is 0 Å². The zero-order valence-electron chi connectivity index (χ0n) is 9.53. The van der Waals surface area contributed by atoms with Crippen LogP contribution in [-0.2, 0) is 0 Å². The molecule has 0 radical (unpaired) electrons. The third-order valence-corrected chi connectivity index (χ3v) is 2.66. The van der Waals surface area contributed by atoms with E-state index in [-0.39, 0.29) is 5.78 Å². The molecule has 0 bridgehead atoms. The molecular formula is C14H15NO. The van der Waals surface area contributed by atoms with Crippen molar-refractivity contribution in [3.8, 4) is 0 Å². The van der Waals surface area contributed by atoms with E-state index in [0.29, 0.717) is 11.6 Å². The number of hydrogen-bond donors (Lipinski definition) is 1. The quantitative estimate of drug-likeness (QED) is 0.779. The molecule has 0 atom stereocenters. The van der Waals surface area contributed by atoms with Gasteiger partial charge in [0.2, 0.25) is 5.78 Å². The number of benzene rings is 1. The van der Waals surface area contributed by atoms with Crippen molar-refractivity contribution in [3.63, 3.8) is 0 Å². The predicted molar refractivity (Wildman–Crippen MR) is 64.8 cm³/mol. The Morgan fingerprint density at radius 3 is 2.44 bits per heavy atom. The number of hydrogen-bond acceptors (Lipinski definition) is 1. The summed E-state index contributed by atoms with van der Waals surface area (Å²) < 4.78 is 0. The molecule has 16 heavy (non-hydrogen) atoms. The Bertz CT molecular complexity index is 482. The molecule has 2 nitrogen and oxygen atoms in total. The molecule has 1 aromatic carbocycles. The van der Waals surface area contributed by atoms with Gasteiger partial charge in [0.25, 0.3) is 0 Å². The van der Waals surface area contributed by atoms with E-state index in [1.54, 1.807) is 0 Å². The van der Waals surface area contributed by atoms with Crippen LogP contribution in [0.15, 0.2) is 42.6 Å². The highest BCUT2D eigenvalue weighted by molar-refractivity contribution is 6.08. The maximum Gasteiger partial charge on any atom is 0.209 e. The molecule has 2 aromatic rings. The molecule has 0 saturated heterocycles. The summed E-state index contributed by atoms with van der Waals surface area (Å²) in [4.78, 5) is 15.2. The molecule has 0 aliphatic rings. The summed E-state index contributed by atoms with van der Waals surface area (Å²) in [6, 6.07) is 11.3. The summed E-state index contributed by atoms with van der Waals surface area (Å²) in [5, 5.41) is 0. The van der Waals surface area contributed by atoms with E-state index in [1.165, 1.54) is 0 Å². The van der Waals surface area contributed by atoms with Crippen molar-refractivity contribution in [2.24, 2.45) is 0 Å². The van der Waals surface area contributed by atoms with Crippen LogP contribution in [-0.4, -0.2) is 10.8 Å². The van der Waals surface area contributed by atoms with Crippen molar-refractivity contribution < 1.29 is 4.79 Å². The molecule has 0 aliphatic heterocycles. The zero-order valence-corrected chi connectivity index (χ0v) is 9.53. The number of carbonyl (C=O) groups excluding carboxylic acids is 1. The third kappa shape index (κ3) is 1.91. The third-order valence-electron chi connectivity index (χ3n) is 2.66. The highest BCUT2D eigenvalue weighted by Crippen LogP contribution is 2.20. The first-order chi connectivity index (χ1) is 7.70. The van der Waals surface area contributed by atoms with E-state index in [2.05, 4.69) is 18.8 Å². The highest BCUT2D eigenvalue weighted by atomic mass is 16.1. The van der Waals surface area contributed by atoms with E-state index in [0.717, 1.165) is 11.1 Å². The van der Waals surface area contributed by atoms with E-state index in [1.807, 2.05) is 42.6 Å². The molecule has 0 amide bonds. The molecule has 2 heteroatoms. The number of ketones is 1.